The summed E-state index contributed by atoms with van der Waals surface area (Å²) in [4.78, 5) is 4.64. The van der Waals surface area contributed by atoms with Gasteiger partial charge in [-0.1, -0.05) is 0 Å². The van der Waals surface area contributed by atoms with Gasteiger partial charge in [-0.2, -0.15) is 0 Å². The molecule has 96 valence electrons. The Hall–Kier alpha value is -0.160. The number of aliphatic hydroxyl groups is 1. The molecule has 0 aromatic carbocycles. The fourth-order valence-corrected chi connectivity index (χ4v) is 2.22. The quantitative estimate of drug-likeness (QED) is 0.717. The highest BCUT2D eigenvalue weighted by atomic mass is 16.5. The third-order valence-corrected chi connectivity index (χ3v) is 3.32. The first kappa shape index (κ1) is 13.9. The van der Waals surface area contributed by atoms with E-state index in [0.29, 0.717) is 25.8 Å². The molecular formula is C12H26N2O2. The molecular weight excluding hydrogens is 204 g/mol. The summed E-state index contributed by atoms with van der Waals surface area (Å²) in [6, 6.07) is 0.618. The van der Waals surface area contributed by atoms with Gasteiger partial charge >= 0.3 is 0 Å². The number of nitrogens with zero attached hydrogens (tertiary/aromatic N) is 2. The van der Waals surface area contributed by atoms with Crippen molar-refractivity contribution in [3.63, 3.8) is 0 Å². The van der Waals surface area contributed by atoms with Gasteiger partial charge < -0.3 is 19.6 Å². The number of hydrogen-bond acceptors (Lipinski definition) is 4. The van der Waals surface area contributed by atoms with Crippen LogP contribution in [0.2, 0.25) is 0 Å². The summed E-state index contributed by atoms with van der Waals surface area (Å²) in [5, 5.41) is 9.76. The highest BCUT2D eigenvalue weighted by Gasteiger charge is 2.21. The van der Waals surface area contributed by atoms with Gasteiger partial charge in [0.2, 0.25) is 0 Å². The Labute approximate surface area is 99.2 Å². The average molecular weight is 230 g/mol. The second kappa shape index (κ2) is 7.22. The summed E-state index contributed by atoms with van der Waals surface area (Å²) in [5.41, 5.74) is 0. The van der Waals surface area contributed by atoms with Crippen LogP contribution >= 0.6 is 0 Å². The number of likely N-dealkylation sites (N-methyl/N-ethyl adjacent to an activating group) is 1. The van der Waals surface area contributed by atoms with Crippen molar-refractivity contribution in [2.75, 3.05) is 46.9 Å². The molecule has 1 rings (SSSR count). The van der Waals surface area contributed by atoms with Crippen molar-refractivity contribution < 1.29 is 9.84 Å². The normalized spacial score (nSPS) is 21.6. The Morgan fingerprint density at radius 1 is 1.44 bits per heavy atom. The van der Waals surface area contributed by atoms with E-state index in [-0.39, 0.29) is 6.10 Å². The Balaban J connectivity index is 2.20. The van der Waals surface area contributed by atoms with Crippen molar-refractivity contribution in [3.05, 3.63) is 0 Å². The van der Waals surface area contributed by atoms with Gasteiger partial charge in [-0.05, 0) is 47.0 Å². The minimum absolute atomic E-state index is 0.357. The number of hydrogen-bond donors (Lipinski definition) is 1. The molecule has 0 bridgehead atoms. The molecule has 1 fully saturated rings. The van der Waals surface area contributed by atoms with Crippen LogP contribution in [0.3, 0.4) is 0 Å². The highest BCUT2D eigenvalue weighted by molar-refractivity contribution is 4.78. The number of aliphatic hydroxyl groups excluding tert-OH is 1. The van der Waals surface area contributed by atoms with Gasteiger partial charge in [0.05, 0.1) is 12.7 Å². The van der Waals surface area contributed by atoms with Crippen molar-refractivity contribution in [1.82, 2.24) is 9.80 Å². The van der Waals surface area contributed by atoms with Gasteiger partial charge in [0.1, 0.15) is 0 Å². The molecule has 0 amide bonds. The molecule has 1 atom stereocenters. The maximum Gasteiger partial charge on any atom is 0.0900 e. The monoisotopic (exact) mass is 230 g/mol. The average Bonchev–Trinajstić information content (AvgIpc) is 2.27. The molecule has 0 saturated carbocycles. The van der Waals surface area contributed by atoms with Crippen molar-refractivity contribution in [1.29, 1.82) is 0 Å². The minimum Gasteiger partial charge on any atom is -0.389 e. The highest BCUT2D eigenvalue weighted by Crippen LogP contribution is 2.14. The van der Waals surface area contributed by atoms with Crippen LogP contribution in [0.25, 0.3) is 0 Å². The van der Waals surface area contributed by atoms with Crippen LogP contribution in [0.15, 0.2) is 0 Å². The summed E-state index contributed by atoms with van der Waals surface area (Å²) >= 11 is 0. The Morgan fingerprint density at radius 3 is 2.62 bits per heavy atom. The molecule has 0 aliphatic carbocycles. The first-order valence-corrected chi connectivity index (χ1v) is 6.28. The van der Waals surface area contributed by atoms with Crippen LogP contribution in [-0.4, -0.2) is 74.0 Å². The van der Waals surface area contributed by atoms with Gasteiger partial charge in [0, 0.05) is 19.2 Å². The number of ether oxygens (including phenoxy) is 1. The number of piperidine rings is 1. The molecule has 16 heavy (non-hydrogen) atoms. The van der Waals surface area contributed by atoms with Crippen LogP contribution in [0.1, 0.15) is 19.8 Å². The first-order chi connectivity index (χ1) is 7.63. The van der Waals surface area contributed by atoms with Gasteiger partial charge in [-0.25, -0.2) is 0 Å². The van der Waals surface area contributed by atoms with Gasteiger partial charge in [-0.15, -0.1) is 0 Å². The smallest absolute Gasteiger partial charge is 0.0900 e. The van der Waals surface area contributed by atoms with Crippen LogP contribution in [-0.2, 0) is 4.74 Å². The van der Waals surface area contributed by atoms with Crippen molar-refractivity contribution in [2.24, 2.45) is 0 Å². The van der Waals surface area contributed by atoms with Crippen LogP contribution in [0, 0.1) is 0 Å². The lowest BCUT2D eigenvalue weighted by Crippen LogP contribution is -2.45. The van der Waals surface area contributed by atoms with Crippen LogP contribution in [0.4, 0.5) is 0 Å². The zero-order valence-corrected chi connectivity index (χ0v) is 10.9. The maximum absolute atomic E-state index is 9.76. The van der Waals surface area contributed by atoms with E-state index in [1.807, 2.05) is 6.92 Å². The molecule has 0 spiro atoms. The fourth-order valence-electron chi connectivity index (χ4n) is 2.22. The van der Waals surface area contributed by atoms with E-state index < -0.39 is 0 Å². The Kier molecular flexibility index (Phi) is 6.28. The molecule has 1 aliphatic rings. The topological polar surface area (TPSA) is 35.9 Å². The molecule has 1 unspecified atom stereocenters. The van der Waals surface area contributed by atoms with E-state index in [0.717, 1.165) is 13.1 Å². The van der Waals surface area contributed by atoms with Crippen LogP contribution in [0.5, 0.6) is 0 Å². The summed E-state index contributed by atoms with van der Waals surface area (Å²) in [6.07, 6.45) is 2.05. The number of rotatable bonds is 6. The molecule has 1 N–H and O–H groups in total. The Bertz CT molecular complexity index is 182. The lowest BCUT2D eigenvalue weighted by atomic mass is 10.0. The maximum atomic E-state index is 9.76. The lowest BCUT2D eigenvalue weighted by Gasteiger charge is -2.35. The molecule has 0 aromatic rings. The van der Waals surface area contributed by atoms with Crippen molar-refractivity contribution in [3.8, 4) is 0 Å². The molecule has 4 heteroatoms. The van der Waals surface area contributed by atoms with E-state index >= 15 is 0 Å². The Morgan fingerprint density at radius 2 is 2.06 bits per heavy atom. The van der Waals surface area contributed by atoms with Crippen molar-refractivity contribution >= 4 is 0 Å². The second-order valence-electron chi connectivity index (χ2n) is 4.79. The summed E-state index contributed by atoms with van der Waals surface area (Å²) in [7, 11) is 4.27. The molecule has 1 aliphatic heterocycles. The largest absolute Gasteiger partial charge is 0.389 e. The number of likely N-dealkylation sites (tertiary alicyclic amines) is 1. The van der Waals surface area contributed by atoms with Gasteiger partial charge in [-0.3, -0.25) is 0 Å². The third-order valence-electron chi connectivity index (χ3n) is 3.32. The SMILES string of the molecule is CCOCC(O)CN(C)C1CCN(C)CC1. The minimum atomic E-state index is -0.357. The predicted molar refractivity (Wildman–Crippen MR) is 65.6 cm³/mol. The predicted octanol–water partition coefficient (Wildman–Crippen LogP) is 0.410. The zero-order chi connectivity index (χ0) is 12.0. The standard InChI is InChI=1S/C12H26N2O2/c1-4-16-10-12(15)9-14(3)11-5-7-13(2)8-6-11/h11-12,15H,4-10H2,1-3H3. The summed E-state index contributed by atoms with van der Waals surface area (Å²) in [5.74, 6) is 0. The molecule has 4 nitrogen and oxygen atoms in total. The summed E-state index contributed by atoms with van der Waals surface area (Å²) < 4.78 is 5.22. The first-order valence-electron chi connectivity index (χ1n) is 6.28. The summed E-state index contributed by atoms with van der Waals surface area (Å²) in [6.45, 7) is 6.12. The molecule has 0 aromatic heterocycles. The molecule has 1 saturated heterocycles. The zero-order valence-electron chi connectivity index (χ0n) is 10.9. The van der Waals surface area contributed by atoms with E-state index in [4.69, 9.17) is 4.74 Å². The van der Waals surface area contributed by atoms with Gasteiger partial charge in [0.25, 0.3) is 0 Å². The van der Waals surface area contributed by atoms with Crippen molar-refractivity contribution in [2.45, 2.75) is 31.9 Å². The third kappa shape index (κ3) is 4.78. The molecule has 1 heterocycles. The van der Waals surface area contributed by atoms with Crippen LogP contribution < -0.4 is 0 Å². The van der Waals surface area contributed by atoms with E-state index in [1.165, 1.54) is 12.8 Å². The van der Waals surface area contributed by atoms with E-state index in [1.54, 1.807) is 0 Å². The molecule has 0 radical (unpaired) electrons. The fraction of sp³-hybridized carbons (Fsp3) is 1.00. The van der Waals surface area contributed by atoms with Gasteiger partial charge in [0.15, 0.2) is 0 Å². The van der Waals surface area contributed by atoms with E-state index in [9.17, 15) is 5.11 Å². The lowest BCUT2D eigenvalue weighted by molar-refractivity contribution is 0.0125. The second-order valence-corrected chi connectivity index (χ2v) is 4.79. The van der Waals surface area contributed by atoms with E-state index in [2.05, 4.69) is 23.9 Å².